The van der Waals surface area contributed by atoms with Crippen LogP contribution in [0.5, 0.6) is 5.75 Å². The Morgan fingerprint density at radius 3 is 1.29 bits per heavy atom. The van der Waals surface area contributed by atoms with Crippen LogP contribution in [-0.2, 0) is 37.0 Å². The van der Waals surface area contributed by atoms with Crippen LogP contribution in [0.3, 0.4) is 0 Å². The van der Waals surface area contributed by atoms with Gasteiger partial charge in [0.1, 0.15) is 5.75 Å². The number of hydrogen-bond acceptors (Lipinski definition) is 4. The van der Waals surface area contributed by atoms with Gasteiger partial charge in [-0.05, 0) is 65.0 Å². The molecular formula is C29H50O4Zr. The number of rotatable bonds is 2. The van der Waals surface area contributed by atoms with Gasteiger partial charge >= 0.3 is 0 Å². The minimum absolute atomic E-state index is 0. The zero-order chi connectivity index (χ0) is 26.6. The Morgan fingerprint density at radius 1 is 0.647 bits per heavy atom. The summed E-state index contributed by atoms with van der Waals surface area (Å²) in [6, 6.07) is 14.6. The Labute approximate surface area is 228 Å². The Morgan fingerprint density at radius 2 is 0.971 bits per heavy atom. The third-order valence-electron chi connectivity index (χ3n) is 4.23. The largest absolute Gasteiger partial charge is 0.507 e. The van der Waals surface area contributed by atoms with Crippen molar-refractivity contribution < 1.29 is 46.6 Å². The topological polar surface area (TPSA) is 80.9 Å². The van der Waals surface area contributed by atoms with Gasteiger partial charge in [0.05, 0.1) is 0 Å². The molecule has 0 fully saturated rings. The first-order valence-electron chi connectivity index (χ1n) is 11.8. The summed E-state index contributed by atoms with van der Waals surface area (Å²) in [6.07, 6.45) is -0.500. The Hall–Kier alpha value is -0.997. The minimum atomic E-state index is -0.225. The fourth-order valence-corrected chi connectivity index (χ4v) is 2.84. The average Bonchev–Trinajstić information content (AvgIpc) is 2.61. The molecule has 4 N–H and O–H groups in total. The van der Waals surface area contributed by atoms with Crippen LogP contribution < -0.4 is 0 Å². The summed E-state index contributed by atoms with van der Waals surface area (Å²) in [6.45, 7) is 23.2. The zero-order valence-electron chi connectivity index (χ0n) is 23.6. The molecule has 4 nitrogen and oxygen atoms in total. The molecule has 0 radical (unpaired) electrons. The van der Waals surface area contributed by atoms with Gasteiger partial charge in [-0.3, -0.25) is 0 Å². The smallest absolute Gasteiger partial charge is 0.123 e. The fourth-order valence-electron chi connectivity index (χ4n) is 2.84. The van der Waals surface area contributed by atoms with E-state index in [9.17, 15) is 5.11 Å². The van der Waals surface area contributed by atoms with E-state index in [1.807, 2.05) is 6.07 Å². The molecule has 0 bridgehead atoms. The van der Waals surface area contributed by atoms with Crippen molar-refractivity contribution in [2.45, 2.75) is 112 Å². The van der Waals surface area contributed by atoms with Gasteiger partial charge in [-0.1, -0.05) is 82.6 Å². The van der Waals surface area contributed by atoms with Crippen molar-refractivity contribution in [1.29, 1.82) is 0 Å². The second kappa shape index (κ2) is 17.4. The third kappa shape index (κ3) is 16.6. The number of hydrogen-bond donors (Lipinski definition) is 4. The molecule has 2 aromatic rings. The molecule has 0 spiro atoms. The van der Waals surface area contributed by atoms with Crippen molar-refractivity contribution in [3.8, 4) is 5.75 Å². The summed E-state index contributed by atoms with van der Waals surface area (Å²) in [4.78, 5) is 0. The van der Waals surface area contributed by atoms with Gasteiger partial charge in [0, 0.05) is 55.5 Å². The molecule has 0 saturated carbocycles. The van der Waals surface area contributed by atoms with Crippen LogP contribution in [0.2, 0.25) is 0 Å². The summed E-state index contributed by atoms with van der Waals surface area (Å²) in [5.41, 5.74) is 4.12. The molecule has 34 heavy (non-hydrogen) atoms. The van der Waals surface area contributed by atoms with Crippen LogP contribution >= 0.6 is 0 Å². The van der Waals surface area contributed by atoms with Gasteiger partial charge in [-0.15, -0.1) is 0 Å². The SMILES string of the molecule is CC(C)O.CC(C)O.CC(C)O.Cc1cc(C(C)(C)C)c(O)c(C(C)(C)c2ccccc2)c1.[Zr]. The second-order valence-corrected chi connectivity index (χ2v) is 10.7. The van der Waals surface area contributed by atoms with Gasteiger partial charge in [-0.25, -0.2) is 0 Å². The van der Waals surface area contributed by atoms with E-state index in [0.29, 0.717) is 5.75 Å². The molecule has 2 rings (SSSR count). The van der Waals surface area contributed by atoms with Crippen LogP contribution in [-0.4, -0.2) is 38.7 Å². The predicted octanol–water partition coefficient (Wildman–Crippen LogP) is 6.48. The van der Waals surface area contributed by atoms with Crippen LogP contribution in [0.4, 0.5) is 0 Å². The first-order valence-corrected chi connectivity index (χ1v) is 11.8. The number of phenolic OH excluding ortho intramolecular Hbond substituents is 1. The molecule has 0 aliphatic heterocycles. The van der Waals surface area contributed by atoms with Crippen molar-refractivity contribution in [2.75, 3.05) is 0 Å². The second-order valence-electron chi connectivity index (χ2n) is 10.7. The number of aryl methyl sites for hydroxylation is 1. The fraction of sp³-hybridized carbons (Fsp3) is 0.586. The molecule has 0 atom stereocenters. The molecule has 0 aromatic heterocycles. The van der Waals surface area contributed by atoms with E-state index in [2.05, 4.69) is 77.9 Å². The molecule has 0 unspecified atom stereocenters. The molecule has 0 aliphatic rings. The predicted molar refractivity (Wildman–Crippen MR) is 142 cm³/mol. The normalized spacial score (nSPS) is 10.9. The molecule has 2 aromatic carbocycles. The average molecular weight is 554 g/mol. The van der Waals surface area contributed by atoms with E-state index < -0.39 is 0 Å². The molecule has 194 valence electrons. The molecule has 0 aliphatic carbocycles. The maximum absolute atomic E-state index is 10.8. The maximum Gasteiger partial charge on any atom is 0.123 e. The Balaban J connectivity index is -0.000000618. The van der Waals surface area contributed by atoms with Gasteiger partial charge in [0.25, 0.3) is 0 Å². The van der Waals surface area contributed by atoms with E-state index in [1.54, 1.807) is 41.5 Å². The molecular weight excluding hydrogens is 504 g/mol. The first kappa shape index (κ1) is 37.5. The molecule has 0 saturated heterocycles. The summed E-state index contributed by atoms with van der Waals surface area (Å²) >= 11 is 0. The van der Waals surface area contributed by atoms with Gasteiger partial charge < -0.3 is 20.4 Å². The van der Waals surface area contributed by atoms with Gasteiger partial charge in [-0.2, -0.15) is 0 Å². The number of aromatic hydroxyl groups is 1. The van der Waals surface area contributed by atoms with E-state index in [-0.39, 0.29) is 55.3 Å². The standard InChI is InChI=1S/C20H26O.3C3H8O.Zr/c1-14-12-16(19(2,3)4)18(21)17(13-14)20(5,6)15-10-8-7-9-11-15;3*1-3(2)4;/h7-13,21H,1-6H3;3*3-4H,1-2H3;. The third-order valence-corrected chi connectivity index (χ3v) is 4.23. The monoisotopic (exact) mass is 552 g/mol. The summed E-state index contributed by atoms with van der Waals surface area (Å²) in [5.74, 6) is 0.432. The number of benzene rings is 2. The Bertz CT molecular complexity index is 754. The van der Waals surface area contributed by atoms with Crippen molar-refractivity contribution in [1.82, 2.24) is 0 Å². The molecule has 5 heteroatoms. The summed E-state index contributed by atoms with van der Waals surface area (Å²) < 4.78 is 0. The van der Waals surface area contributed by atoms with Crippen LogP contribution in [0, 0.1) is 6.92 Å². The van der Waals surface area contributed by atoms with E-state index in [0.717, 1.165) is 11.1 Å². The maximum atomic E-state index is 10.8. The molecule has 0 amide bonds. The Kier molecular flexibility index (Phi) is 19.3. The van der Waals surface area contributed by atoms with Crippen molar-refractivity contribution in [2.24, 2.45) is 0 Å². The number of aliphatic hydroxyl groups excluding tert-OH is 3. The summed E-state index contributed by atoms with van der Waals surface area (Å²) in [7, 11) is 0. The zero-order valence-corrected chi connectivity index (χ0v) is 26.0. The van der Waals surface area contributed by atoms with Crippen molar-refractivity contribution in [3.05, 3.63) is 64.7 Å². The van der Waals surface area contributed by atoms with Crippen LogP contribution in [0.15, 0.2) is 42.5 Å². The van der Waals surface area contributed by atoms with Crippen molar-refractivity contribution in [3.63, 3.8) is 0 Å². The van der Waals surface area contributed by atoms with E-state index in [1.165, 1.54) is 11.1 Å². The number of aliphatic hydroxyl groups is 3. The van der Waals surface area contributed by atoms with Gasteiger partial charge in [0.2, 0.25) is 0 Å². The van der Waals surface area contributed by atoms with Crippen LogP contribution in [0.1, 0.15) is 98.4 Å². The van der Waals surface area contributed by atoms with Gasteiger partial charge in [0.15, 0.2) is 0 Å². The first-order chi connectivity index (χ1) is 14.8. The quantitative estimate of drug-likeness (QED) is 0.343. The van der Waals surface area contributed by atoms with Crippen molar-refractivity contribution >= 4 is 0 Å². The minimum Gasteiger partial charge on any atom is -0.507 e. The van der Waals surface area contributed by atoms with Crippen LogP contribution in [0.25, 0.3) is 0 Å². The van der Waals surface area contributed by atoms with E-state index >= 15 is 0 Å². The number of phenols is 1. The summed E-state index contributed by atoms with van der Waals surface area (Å²) in [5, 5.41) is 35.0. The van der Waals surface area contributed by atoms with E-state index in [4.69, 9.17) is 15.3 Å². The molecule has 0 heterocycles.